The van der Waals surface area contributed by atoms with Crippen molar-refractivity contribution in [1.82, 2.24) is 0 Å². The number of rotatable bonds is 7. The van der Waals surface area contributed by atoms with Crippen LogP contribution in [-0.2, 0) is 16.0 Å². The monoisotopic (exact) mass is 388 g/mol. The highest BCUT2D eigenvalue weighted by atomic mass is 19.1. The van der Waals surface area contributed by atoms with Crippen molar-refractivity contribution in [3.63, 3.8) is 0 Å². The van der Waals surface area contributed by atoms with Crippen molar-refractivity contribution in [2.75, 3.05) is 6.61 Å². The van der Waals surface area contributed by atoms with Crippen LogP contribution in [0.1, 0.15) is 22.5 Å². The molecule has 2 aromatic carbocycles. The Hall–Kier alpha value is -3.35. The Labute approximate surface area is 158 Å². The lowest BCUT2D eigenvalue weighted by Crippen LogP contribution is -2.15. The number of halogens is 3. The number of furan rings is 1. The highest BCUT2D eigenvalue weighted by Crippen LogP contribution is 2.25. The standard InChI is InChI=1S/C21H15F3O4/c22-13-5-8-18(24)16(11-13)19(25)12-27-21(26)10-7-14-6-9-20(28-14)15-3-1-2-4-17(15)23/h1-6,8-9,11H,7,10,12H2. The van der Waals surface area contributed by atoms with Gasteiger partial charge in [-0.15, -0.1) is 0 Å². The molecule has 0 bridgehead atoms. The number of ether oxygens (including phenoxy) is 1. The number of hydrogen-bond donors (Lipinski definition) is 0. The summed E-state index contributed by atoms with van der Waals surface area (Å²) in [7, 11) is 0. The summed E-state index contributed by atoms with van der Waals surface area (Å²) in [4.78, 5) is 23.6. The van der Waals surface area contributed by atoms with Gasteiger partial charge >= 0.3 is 5.97 Å². The van der Waals surface area contributed by atoms with Crippen molar-refractivity contribution < 1.29 is 31.9 Å². The molecule has 0 atom stereocenters. The fourth-order valence-electron chi connectivity index (χ4n) is 2.55. The normalized spacial score (nSPS) is 10.7. The molecule has 7 heteroatoms. The first-order chi connectivity index (χ1) is 13.4. The summed E-state index contributed by atoms with van der Waals surface area (Å²) < 4.78 is 50.7. The smallest absolute Gasteiger partial charge is 0.306 e. The topological polar surface area (TPSA) is 56.5 Å². The van der Waals surface area contributed by atoms with E-state index in [9.17, 15) is 22.8 Å². The second-order valence-electron chi connectivity index (χ2n) is 5.95. The Kier molecular flexibility index (Phi) is 5.93. The zero-order chi connectivity index (χ0) is 20.1. The van der Waals surface area contributed by atoms with Crippen molar-refractivity contribution in [3.05, 3.63) is 83.4 Å². The highest BCUT2D eigenvalue weighted by Gasteiger charge is 2.16. The first-order valence-electron chi connectivity index (χ1n) is 8.41. The van der Waals surface area contributed by atoms with Gasteiger partial charge in [0.1, 0.15) is 29.0 Å². The van der Waals surface area contributed by atoms with Crippen molar-refractivity contribution >= 4 is 11.8 Å². The Morgan fingerprint density at radius 1 is 0.929 bits per heavy atom. The lowest BCUT2D eigenvalue weighted by atomic mass is 10.1. The molecule has 1 aromatic heterocycles. The number of esters is 1. The molecule has 0 saturated heterocycles. The molecule has 0 radical (unpaired) electrons. The van der Waals surface area contributed by atoms with Gasteiger partial charge < -0.3 is 9.15 Å². The minimum absolute atomic E-state index is 0.0941. The Morgan fingerprint density at radius 3 is 2.50 bits per heavy atom. The molecule has 144 valence electrons. The van der Waals surface area contributed by atoms with Gasteiger partial charge in [-0.1, -0.05) is 12.1 Å². The summed E-state index contributed by atoms with van der Waals surface area (Å²) in [5.74, 6) is -2.85. The van der Waals surface area contributed by atoms with Gasteiger partial charge in [-0.3, -0.25) is 9.59 Å². The van der Waals surface area contributed by atoms with E-state index in [2.05, 4.69) is 0 Å². The molecular formula is C21H15F3O4. The quantitative estimate of drug-likeness (QED) is 0.434. The minimum atomic E-state index is -0.890. The predicted molar refractivity (Wildman–Crippen MR) is 94.1 cm³/mol. The Morgan fingerprint density at radius 2 is 1.71 bits per heavy atom. The molecule has 0 unspecified atom stereocenters. The first-order valence-corrected chi connectivity index (χ1v) is 8.41. The minimum Gasteiger partial charge on any atom is -0.461 e. The average Bonchev–Trinajstić information content (AvgIpc) is 3.15. The molecular weight excluding hydrogens is 373 g/mol. The third-order valence-corrected chi connectivity index (χ3v) is 3.97. The van der Waals surface area contributed by atoms with E-state index in [1.165, 1.54) is 6.07 Å². The van der Waals surface area contributed by atoms with Gasteiger partial charge in [-0.2, -0.15) is 0 Å². The van der Waals surface area contributed by atoms with E-state index in [1.807, 2.05) is 0 Å². The number of aryl methyl sites for hydroxylation is 1. The molecule has 0 N–H and O–H groups in total. The summed E-state index contributed by atoms with van der Waals surface area (Å²) in [6.45, 7) is -0.697. The van der Waals surface area contributed by atoms with E-state index in [0.29, 0.717) is 17.1 Å². The van der Waals surface area contributed by atoms with Crippen LogP contribution in [0, 0.1) is 17.5 Å². The third kappa shape index (κ3) is 4.68. The van der Waals surface area contributed by atoms with E-state index in [4.69, 9.17) is 9.15 Å². The van der Waals surface area contributed by atoms with E-state index < -0.39 is 41.4 Å². The molecule has 28 heavy (non-hydrogen) atoms. The van der Waals surface area contributed by atoms with Gasteiger partial charge in [-0.25, -0.2) is 13.2 Å². The summed E-state index contributed by atoms with van der Waals surface area (Å²) in [5, 5.41) is 0. The van der Waals surface area contributed by atoms with Gasteiger partial charge in [0.25, 0.3) is 0 Å². The summed E-state index contributed by atoms with van der Waals surface area (Å²) in [6, 6.07) is 11.8. The molecule has 0 amide bonds. The molecule has 0 spiro atoms. The summed E-state index contributed by atoms with van der Waals surface area (Å²) >= 11 is 0. The molecule has 4 nitrogen and oxygen atoms in total. The highest BCUT2D eigenvalue weighted by molar-refractivity contribution is 5.98. The summed E-state index contributed by atoms with van der Waals surface area (Å²) in [6.07, 6.45) is 0.0823. The van der Waals surface area contributed by atoms with Gasteiger partial charge in [0.15, 0.2) is 6.61 Å². The molecule has 3 rings (SSSR count). The number of hydrogen-bond acceptors (Lipinski definition) is 4. The van der Waals surface area contributed by atoms with Crippen LogP contribution in [0.2, 0.25) is 0 Å². The Bertz CT molecular complexity index is 1010. The molecule has 3 aromatic rings. The predicted octanol–water partition coefficient (Wildman–Crippen LogP) is 4.72. The number of ketones is 1. The van der Waals surface area contributed by atoms with Crippen LogP contribution in [0.25, 0.3) is 11.3 Å². The van der Waals surface area contributed by atoms with Crippen LogP contribution in [-0.4, -0.2) is 18.4 Å². The van der Waals surface area contributed by atoms with Crippen LogP contribution in [0.15, 0.2) is 59.0 Å². The van der Waals surface area contributed by atoms with Gasteiger partial charge in [0, 0.05) is 6.42 Å². The van der Waals surface area contributed by atoms with E-state index in [1.54, 1.807) is 30.3 Å². The fourth-order valence-corrected chi connectivity index (χ4v) is 2.55. The zero-order valence-electron chi connectivity index (χ0n) is 14.6. The zero-order valence-corrected chi connectivity index (χ0v) is 14.6. The maximum atomic E-state index is 13.8. The van der Waals surface area contributed by atoms with Crippen molar-refractivity contribution in [2.24, 2.45) is 0 Å². The lowest BCUT2D eigenvalue weighted by molar-refractivity contribution is -0.142. The number of carbonyl (C=O) groups is 2. The van der Waals surface area contributed by atoms with Crippen LogP contribution >= 0.6 is 0 Å². The van der Waals surface area contributed by atoms with Crippen molar-refractivity contribution in [1.29, 1.82) is 0 Å². The maximum Gasteiger partial charge on any atom is 0.306 e. The first kappa shape index (κ1) is 19.4. The number of carbonyl (C=O) groups excluding carboxylic acids is 2. The molecule has 0 aliphatic rings. The molecule has 0 fully saturated rings. The SMILES string of the molecule is O=C(CCc1ccc(-c2ccccc2F)o1)OCC(=O)c1cc(F)ccc1F. The Balaban J connectivity index is 1.52. The molecule has 1 heterocycles. The largest absolute Gasteiger partial charge is 0.461 e. The van der Waals surface area contributed by atoms with Crippen LogP contribution < -0.4 is 0 Å². The average molecular weight is 388 g/mol. The second-order valence-corrected chi connectivity index (χ2v) is 5.95. The van der Waals surface area contributed by atoms with Crippen LogP contribution in [0.3, 0.4) is 0 Å². The number of Topliss-reactive ketones (excluding diaryl/α,β-unsaturated/α-hetero) is 1. The van der Waals surface area contributed by atoms with Crippen molar-refractivity contribution in [2.45, 2.75) is 12.8 Å². The van der Waals surface area contributed by atoms with E-state index in [0.717, 1.165) is 18.2 Å². The van der Waals surface area contributed by atoms with Gasteiger partial charge in [-0.05, 0) is 42.5 Å². The van der Waals surface area contributed by atoms with Crippen molar-refractivity contribution in [3.8, 4) is 11.3 Å². The summed E-state index contributed by atoms with van der Waals surface area (Å²) in [5.41, 5.74) is -0.174. The van der Waals surface area contributed by atoms with Crippen LogP contribution in [0.4, 0.5) is 13.2 Å². The van der Waals surface area contributed by atoms with Gasteiger partial charge in [0.05, 0.1) is 17.5 Å². The number of benzene rings is 2. The molecule has 0 aliphatic carbocycles. The molecule has 0 aliphatic heterocycles. The lowest BCUT2D eigenvalue weighted by Gasteiger charge is -2.05. The third-order valence-electron chi connectivity index (χ3n) is 3.97. The molecule has 0 saturated carbocycles. The maximum absolute atomic E-state index is 13.8. The van der Waals surface area contributed by atoms with E-state index in [-0.39, 0.29) is 12.8 Å². The van der Waals surface area contributed by atoms with Gasteiger partial charge in [0.2, 0.25) is 5.78 Å². The fraction of sp³-hybridized carbons (Fsp3) is 0.143. The van der Waals surface area contributed by atoms with E-state index >= 15 is 0 Å². The second kappa shape index (κ2) is 8.56. The van der Waals surface area contributed by atoms with Crippen LogP contribution in [0.5, 0.6) is 0 Å².